The second-order valence-electron chi connectivity index (χ2n) is 10.8. The van der Waals surface area contributed by atoms with Gasteiger partial charge in [-0.05, 0) is 16.3 Å². The summed E-state index contributed by atoms with van der Waals surface area (Å²) in [5, 5.41) is 10.6. The van der Waals surface area contributed by atoms with Gasteiger partial charge in [0.25, 0.3) is 0 Å². The number of aliphatic hydroxyl groups excluding tert-OH is 1. The van der Waals surface area contributed by atoms with Gasteiger partial charge in [0.15, 0.2) is 0 Å². The molecule has 1 aliphatic rings. The first-order valence-corrected chi connectivity index (χ1v) is 15.4. The topological polar surface area (TPSA) is 65.1 Å². The van der Waals surface area contributed by atoms with Crippen LogP contribution >= 0.6 is 0 Å². The Hall–Kier alpha value is -3.78. The van der Waals surface area contributed by atoms with E-state index in [-0.39, 0.29) is 6.61 Å². The lowest BCUT2D eigenvalue weighted by atomic mass is 10.2. The molecule has 3 aromatic carbocycles. The summed E-state index contributed by atoms with van der Waals surface area (Å²) in [5.74, 6) is 1.87. The molecular weight excluding hydrogens is 500 g/mol. The molecule has 0 aliphatic carbocycles. The van der Waals surface area contributed by atoms with E-state index in [1.165, 1.54) is 11.2 Å². The van der Waals surface area contributed by atoms with Crippen molar-refractivity contribution in [3.05, 3.63) is 115 Å². The maximum Gasteiger partial charge on any atom is 0.230 e. The lowest BCUT2D eigenvalue weighted by Gasteiger charge is -2.19. The average molecular weight is 537 g/mol. The number of aliphatic hydroxyl groups is 1. The number of rotatable bonds is 7. The summed E-state index contributed by atoms with van der Waals surface area (Å²) in [6.45, 7) is 5.24. The smallest absolute Gasteiger partial charge is 0.230 e. The van der Waals surface area contributed by atoms with Crippen LogP contribution < -0.4 is 5.19 Å². The Morgan fingerprint density at radius 1 is 0.744 bits per heavy atom. The van der Waals surface area contributed by atoms with Crippen LogP contribution in [0, 0.1) is 0 Å². The molecule has 6 rings (SSSR count). The minimum atomic E-state index is -1.88. The van der Waals surface area contributed by atoms with Crippen LogP contribution in [0.25, 0.3) is 22.8 Å². The molecule has 6 nitrogen and oxygen atoms in total. The van der Waals surface area contributed by atoms with Crippen molar-refractivity contribution < 1.29 is 9.53 Å². The van der Waals surface area contributed by atoms with Gasteiger partial charge in [0.1, 0.15) is 11.6 Å². The standard InChI is InChI=1S/C21H24N2OSi.C11H12N2O/c1-21(2)16-25(21,19-12-8-5-9-13-19)24-15-18-14-23(3)20(22-18)17-10-6-4-7-11-17;1-13-7-10(8-14)12-11(13)9-5-3-2-4-6-9/h4-14H,15-16H2,1-3H3;2-7,14H,8H2,1H3. The van der Waals surface area contributed by atoms with E-state index in [4.69, 9.17) is 14.5 Å². The molecule has 1 fully saturated rings. The zero-order valence-corrected chi connectivity index (χ0v) is 24.1. The molecule has 0 bridgehead atoms. The molecule has 1 atom stereocenters. The van der Waals surface area contributed by atoms with Gasteiger partial charge in [-0.25, -0.2) is 9.97 Å². The summed E-state index contributed by atoms with van der Waals surface area (Å²) in [7, 11) is 2.09. The van der Waals surface area contributed by atoms with Crippen LogP contribution in [-0.2, 0) is 31.7 Å². The monoisotopic (exact) mass is 536 g/mol. The molecule has 3 heterocycles. The Balaban J connectivity index is 0.000000186. The molecule has 5 aromatic rings. The molecule has 7 heteroatoms. The van der Waals surface area contributed by atoms with Crippen molar-refractivity contribution in [2.24, 2.45) is 14.1 Å². The third-order valence-electron chi connectivity index (χ3n) is 7.44. The van der Waals surface area contributed by atoms with Crippen LogP contribution in [0.5, 0.6) is 0 Å². The molecule has 0 spiro atoms. The maximum absolute atomic E-state index is 8.95. The predicted molar refractivity (Wildman–Crippen MR) is 159 cm³/mol. The van der Waals surface area contributed by atoms with E-state index < -0.39 is 8.32 Å². The second-order valence-corrected chi connectivity index (χ2v) is 15.0. The highest BCUT2D eigenvalue weighted by Gasteiger charge is 2.67. The number of imidazole rings is 2. The van der Waals surface area contributed by atoms with Gasteiger partial charge in [0.2, 0.25) is 8.32 Å². The number of aromatic nitrogens is 4. The first-order chi connectivity index (χ1) is 18.8. The first-order valence-electron chi connectivity index (χ1n) is 13.3. The average Bonchev–Trinajstić information content (AvgIpc) is 3.21. The quantitative estimate of drug-likeness (QED) is 0.266. The third kappa shape index (κ3) is 5.66. The van der Waals surface area contributed by atoms with Gasteiger partial charge < -0.3 is 18.7 Å². The largest absolute Gasteiger partial charge is 0.406 e. The van der Waals surface area contributed by atoms with Gasteiger partial charge in [-0.3, -0.25) is 0 Å². The Labute approximate surface area is 231 Å². The Kier molecular flexibility index (Phi) is 7.66. The first kappa shape index (κ1) is 26.8. The van der Waals surface area contributed by atoms with Crippen molar-refractivity contribution in [3.8, 4) is 22.8 Å². The van der Waals surface area contributed by atoms with Crippen LogP contribution in [0.4, 0.5) is 0 Å². The predicted octanol–water partition coefficient (Wildman–Crippen LogP) is 5.83. The number of nitrogens with zero attached hydrogens (tertiary/aromatic N) is 4. The molecule has 0 amide bonds. The van der Waals surface area contributed by atoms with E-state index in [0.717, 1.165) is 28.5 Å². The van der Waals surface area contributed by atoms with Crippen molar-refractivity contribution in [3.63, 3.8) is 0 Å². The zero-order chi connectivity index (χ0) is 27.5. The van der Waals surface area contributed by atoms with Crippen LogP contribution in [0.2, 0.25) is 11.1 Å². The lowest BCUT2D eigenvalue weighted by molar-refractivity contribution is 0.277. The van der Waals surface area contributed by atoms with E-state index in [1.807, 2.05) is 73.4 Å². The fourth-order valence-electron chi connectivity index (χ4n) is 5.22. The summed E-state index contributed by atoms with van der Waals surface area (Å²) >= 11 is 0. The second kappa shape index (κ2) is 11.1. The van der Waals surface area contributed by atoms with Gasteiger partial charge in [-0.1, -0.05) is 105 Å². The van der Waals surface area contributed by atoms with Crippen LogP contribution in [0.15, 0.2) is 103 Å². The van der Waals surface area contributed by atoms with Gasteiger partial charge >= 0.3 is 0 Å². The molecule has 1 unspecified atom stereocenters. The normalized spacial score (nSPS) is 17.4. The number of aryl methyl sites for hydroxylation is 2. The molecule has 1 aliphatic heterocycles. The number of benzene rings is 3. The minimum absolute atomic E-state index is 0.0132. The van der Waals surface area contributed by atoms with Crippen LogP contribution in [0.3, 0.4) is 0 Å². The highest BCUT2D eigenvalue weighted by atomic mass is 28.4. The summed E-state index contributed by atoms with van der Waals surface area (Å²) in [5.41, 5.74) is 3.91. The minimum Gasteiger partial charge on any atom is -0.406 e. The molecular formula is C32H36N4O2Si. The number of hydrogen-bond donors (Lipinski definition) is 1. The van der Waals surface area contributed by atoms with E-state index >= 15 is 0 Å². The van der Waals surface area contributed by atoms with E-state index in [0.29, 0.717) is 17.3 Å². The van der Waals surface area contributed by atoms with Gasteiger partial charge in [0, 0.05) is 37.6 Å². The summed E-state index contributed by atoms with van der Waals surface area (Å²) in [6, 6.07) is 32.2. The van der Waals surface area contributed by atoms with E-state index in [9.17, 15) is 0 Å². The van der Waals surface area contributed by atoms with Crippen molar-refractivity contribution in [1.29, 1.82) is 0 Å². The number of hydrogen-bond acceptors (Lipinski definition) is 4. The highest BCUT2D eigenvalue weighted by molar-refractivity contribution is 6.98. The van der Waals surface area contributed by atoms with Gasteiger partial charge in [-0.15, -0.1) is 0 Å². The Morgan fingerprint density at radius 2 is 1.18 bits per heavy atom. The zero-order valence-electron chi connectivity index (χ0n) is 23.1. The summed E-state index contributed by atoms with van der Waals surface area (Å²) in [6.07, 6.45) is 3.92. The fourth-order valence-corrected chi connectivity index (χ4v) is 9.63. The molecule has 0 saturated carbocycles. The molecule has 39 heavy (non-hydrogen) atoms. The molecule has 1 N–H and O–H groups in total. The Bertz CT molecular complexity index is 1510. The summed E-state index contributed by atoms with van der Waals surface area (Å²) in [4.78, 5) is 9.12. The lowest BCUT2D eigenvalue weighted by Crippen LogP contribution is -2.39. The fraction of sp³-hybridized carbons (Fsp3) is 0.250. The molecule has 200 valence electrons. The highest BCUT2D eigenvalue weighted by Crippen LogP contribution is 2.61. The third-order valence-corrected chi connectivity index (χ3v) is 12.7. The van der Waals surface area contributed by atoms with Gasteiger partial charge in [-0.2, -0.15) is 0 Å². The van der Waals surface area contributed by atoms with Gasteiger partial charge in [0.05, 0.1) is 24.6 Å². The maximum atomic E-state index is 8.95. The molecule has 0 radical (unpaired) electrons. The molecule has 1 saturated heterocycles. The SMILES string of the molecule is Cn1cc(CO)nc1-c1ccccc1.Cn1cc(CO[Si]2(c3ccccc3)CC2(C)C)nc1-c1ccccc1. The van der Waals surface area contributed by atoms with E-state index in [2.05, 4.69) is 72.1 Å². The van der Waals surface area contributed by atoms with Crippen molar-refractivity contribution >= 4 is 13.5 Å². The Morgan fingerprint density at radius 3 is 1.62 bits per heavy atom. The van der Waals surface area contributed by atoms with Crippen LogP contribution in [0.1, 0.15) is 25.2 Å². The van der Waals surface area contributed by atoms with Crippen molar-refractivity contribution in [1.82, 2.24) is 19.1 Å². The van der Waals surface area contributed by atoms with Crippen molar-refractivity contribution in [2.45, 2.75) is 38.1 Å². The van der Waals surface area contributed by atoms with E-state index in [1.54, 1.807) is 0 Å². The summed E-state index contributed by atoms with van der Waals surface area (Å²) < 4.78 is 10.6. The molecule has 2 aromatic heterocycles. The van der Waals surface area contributed by atoms with Crippen LogP contribution in [-0.4, -0.2) is 32.5 Å². The van der Waals surface area contributed by atoms with Crippen molar-refractivity contribution in [2.75, 3.05) is 0 Å².